The number of hydrogen-bond donors (Lipinski definition) is 2. The van der Waals surface area contributed by atoms with Crippen LogP contribution in [0.5, 0.6) is 0 Å². The molecule has 2 N–H and O–H groups in total. The van der Waals surface area contributed by atoms with Crippen molar-refractivity contribution >= 4 is 34.6 Å². The molecule has 0 saturated heterocycles. The Balaban J connectivity index is 2.04. The molecule has 1 aromatic heterocycles. The van der Waals surface area contributed by atoms with E-state index >= 15 is 0 Å². The maximum atomic E-state index is 12.2. The number of amides is 3. The van der Waals surface area contributed by atoms with Crippen LogP contribution in [0.1, 0.15) is 27.7 Å². The molecular formula is C17H21N3O2S. The van der Waals surface area contributed by atoms with Crippen molar-refractivity contribution in [2.45, 2.75) is 43.4 Å². The molecule has 0 spiro atoms. The fourth-order valence-electron chi connectivity index (χ4n) is 2.00. The quantitative estimate of drug-likeness (QED) is 0.846. The summed E-state index contributed by atoms with van der Waals surface area (Å²) in [6.45, 7) is 7.34. The summed E-state index contributed by atoms with van der Waals surface area (Å²) in [6.07, 6.45) is 1.73. The van der Waals surface area contributed by atoms with E-state index in [0.717, 1.165) is 15.8 Å². The van der Waals surface area contributed by atoms with Crippen molar-refractivity contribution < 1.29 is 9.59 Å². The van der Waals surface area contributed by atoms with Crippen molar-refractivity contribution in [1.82, 2.24) is 15.6 Å². The van der Waals surface area contributed by atoms with Gasteiger partial charge in [0.25, 0.3) is 0 Å². The monoisotopic (exact) mass is 331 g/mol. The van der Waals surface area contributed by atoms with Crippen LogP contribution in [-0.4, -0.2) is 27.7 Å². The minimum absolute atomic E-state index is 0.329. The lowest BCUT2D eigenvalue weighted by Gasteiger charge is -2.21. The van der Waals surface area contributed by atoms with E-state index < -0.39 is 11.3 Å². The van der Waals surface area contributed by atoms with E-state index in [9.17, 15) is 9.59 Å². The van der Waals surface area contributed by atoms with Gasteiger partial charge in [-0.15, -0.1) is 11.8 Å². The van der Waals surface area contributed by atoms with Gasteiger partial charge in [-0.25, -0.2) is 4.79 Å². The number of rotatable bonds is 3. The van der Waals surface area contributed by atoms with E-state index in [2.05, 4.69) is 15.6 Å². The summed E-state index contributed by atoms with van der Waals surface area (Å²) < 4.78 is 0. The van der Waals surface area contributed by atoms with Crippen LogP contribution < -0.4 is 10.6 Å². The van der Waals surface area contributed by atoms with E-state index in [1.165, 1.54) is 11.8 Å². The first kappa shape index (κ1) is 17.3. The maximum Gasteiger partial charge on any atom is 0.321 e. The van der Waals surface area contributed by atoms with Gasteiger partial charge in [0.1, 0.15) is 0 Å². The molecule has 0 bridgehead atoms. The van der Waals surface area contributed by atoms with Crippen LogP contribution in [0.15, 0.2) is 41.4 Å². The first-order valence-electron chi connectivity index (χ1n) is 7.40. The van der Waals surface area contributed by atoms with Crippen LogP contribution in [0.25, 0.3) is 10.9 Å². The van der Waals surface area contributed by atoms with Crippen LogP contribution in [-0.2, 0) is 4.79 Å². The number of benzene rings is 1. The number of carbonyl (C=O) groups is 2. The minimum Gasteiger partial charge on any atom is -0.333 e. The van der Waals surface area contributed by atoms with Gasteiger partial charge in [0.05, 0.1) is 10.8 Å². The summed E-state index contributed by atoms with van der Waals surface area (Å²) in [5.74, 6) is -0.329. The van der Waals surface area contributed by atoms with E-state index in [4.69, 9.17) is 0 Å². The standard InChI is InChI=1S/C17H21N3O2S/c1-11(15(21)19-16(22)20-17(2,3)4)23-13-9-5-7-12-8-6-10-18-14(12)13/h5-11H,1-4H3,(H2,19,20,21,22)/t11-/m1/s1. The summed E-state index contributed by atoms with van der Waals surface area (Å²) in [5, 5.41) is 5.69. The normalized spacial score (nSPS) is 12.7. The third kappa shape index (κ3) is 4.96. The van der Waals surface area contributed by atoms with Gasteiger partial charge in [-0.2, -0.15) is 0 Å². The predicted molar refractivity (Wildman–Crippen MR) is 93.5 cm³/mol. The topological polar surface area (TPSA) is 71.1 Å². The second-order valence-electron chi connectivity index (χ2n) is 6.28. The number of thioether (sulfide) groups is 1. The van der Waals surface area contributed by atoms with Crippen LogP contribution in [0.2, 0.25) is 0 Å². The third-order valence-electron chi connectivity index (χ3n) is 2.99. The van der Waals surface area contributed by atoms with Crippen LogP contribution in [0.4, 0.5) is 4.79 Å². The van der Waals surface area contributed by atoms with Gasteiger partial charge in [-0.3, -0.25) is 15.1 Å². The van der Waals surface area contributed by atoms with E-state index in [0.29, 0.717) is 0 Å². The van der Waals surface area contributed by atoms with Crippen molar-refractivity contribution in [3.63, 3.8) is 0 Å². The molecule has 1 heterocycles. The number of aromatic nitrogens is 1. The van der Waals surface area contributed by atoms with Gasteiger partial charge >= 0.3 is 6.03 Å². The molecule has 0 aliphatic heterocycles. The van der Waals surface area contributed by atoms with Crippen molar-refractivity contribution in [3.8, 4) is 0 Å². The SMILES string of the molecule is C[C@@H](Sc1cccc2cccnc12)C(=O)NC(=O)NC(C)(C)C. The smallest absolute Gasteiger partial charge is 0.321 e. The Labute approximate surface area is 140 Å². The Kier molecular flexibility index (Phi) is 5.26. The number of fused-ring (bicyclic) bond motifs is 1. The Morgan fingerprint density at radius 2 is 1.87 bits per heavy atom. The zero-order chi connectivity index (χ0) is 17.0. The van der Waals surface area contributed by atoms with E-state index in [1.807, 2.05) is 51.1 Å². The lowest BCUT2D eigenvalue weighted by Crippen LogP contribution is -2.49. The zero-order valence-electron chi connectivity index (χ0n) is 13.7. The lowest BCUT2D eigenvalue weighted by molar-refractivity contribution is -0.119. The molecule has 2 rings (SSSR count). The molecule has 0 aliphatic rings. The molecule has 1 aromatic carbocycles. The number of hydrogen-bond acceptors (Lipinski definition) is 4. The van der Waals surface area contributed by atoms with Crippen LogP contribution >= 0.6 is 11.8 Å². The van der Waals surface area contributed by atoms with Gasteiger partial charge in [0.15, 0.2) is 0 Å². The predicted octanol–water partition coefficient (Wildman–Crippen LogP) is 3.34. The molecule has 0 unspecified atom stereocenters. The number of pyridine rings is 1. The average Bonchev–Trinajstić information content (AvgIpc) is 2.45. The third-order valence-corrected chi connectivity index (χ3v) is 4.14. The summed E-state index contributed by atoms with van der Waals surface area (Å²) in [6, 6.07) is 9.22. The van der Waals surface area contributed by atoms with Crippen LogP contribution in [0.3, 0.4) is 0 Å². The van der Waals surface area contributed by atoms with Gasteiger partial charge < -0.3 is 5.32 Å². The highest BCUT2D eigenvalue weighted by atomic mass is 32.2. The van der Waals surface area contributed by atoms with Crippen molar-refractivity contribution in [1.29, 1.82) is 0 Å². The molecule has 1 atom stereocenters. The Bertz CT molecular complexity index is 720. The fourth-order valence-corrected chi connectivity index (χ4v) is 2.99. The first-order chi connectivity index (χ1) is 10.8. The molecule has 5 nitrogen and oxygen atoms in total. The van der Waals surface area contributed by atoms with Gasteiger partial charge in [-0.1, -0.05) is 18.2 Å². The number of nitrogens with zero attached hydrogens (tertiary/aromatic N) is 1. The second-order valence-corrected chi connectivity index (χ2v) is 7.67. The average molecular weight is 331 g/mol. The molecule has 0 aliphatic carbocycles. The number of urea groups is 1. The summed E-state index contributed by atoms with van der Waals surface area (Å²) >= 11 is 1.39. The molecule has 6 heteroatoms. The molecule has 0 fully saturated rings. The van der Waals surface area contributed by atoms with E-state index in [-0.39, 0.29) is 11.4 Å². The second kappa shape index (κ2) is 7.00. The molecule has 0 saturated carbocycles. The zero-order valence-corrected chi connectivity index (χ0v) is 14.5. The molecule has 3 amide bonds. The molecule has 2 aromatic rings. The maximum absolute atomic E-state index is 12.2. The number of carbonyl (C=O) groups excluding carboxylic acids is 2. The molecule has 23 heavy (non-hydrogen) atoms. The summed E-state index contributed by atoms with van der Waals surface area (Å²) in [5.41, 5.74) is 0.471. The number of para-hydroxylation sites is 1. The first-order valence-corrected chi connectivity index (χ1v) is 8.27. The van der Waals surface area contributed by atoms with Crippen LogP contribution in [0, 0.1) is 0 Å². The number of nitrogens with one attached hydrogen (secondary N) is 2. The summed E-state index contributed by atoms with van der Waals surface area (Å²) in [7, 11) is 0. The van der Waals surface area contributed by atoms with E-state index in [1.54, 1.807) is 13.1 Å². The minimum atomic E-state index is -0.481. The van der Waals surface area contributed by atoms with Crippen molar-refractivity contribution in [3.05, 3.63) is 36.5 Å². The molecule has 0 radical (unpaired) electrons. The Hall–Kier alpha value is -2.08. The number of imide groups is 1. The van der Waals surface area contributed by atoms with Gasteiger partial charge in [-0.05, 0) is 39.8 Å². The lowest BCUT2D eigenvalue weighted by atomic mass is 10.1. The van der Waals surface area contributed by atoms with Gasteiger partial charge in [0, 0.05) is 22.0 Å². The fraction of sp³-hybridized carbons (Fsp3) is 0.353. The van der Waals surface area contributed by atoms with Gasteiger partial charge in [0.2, 0.25) is 5.91 Å². The highest BCUT2D eigenvalue weighted by Crippen LogP contribution is 2.29. The van der Waals surface area contributed by atoms with Crippen molar-refractivity contribution in [2.75, 3.05) is 0 Å². The molecular weight excluding hydrogens is 310 g/mol. The molecule has 122 valence electrons. The van der Waals surface area contributed by atoms with Crippen molar-refractivity contribution in [2.24, 2.45) is 0 Å². The highest BCUT2D eigenvalue weighted by Gasteiger charge is 2.20. The largest absolute Gasteiger partial charge is 0.333 e. The Morgan fingerprint density at radius 3 is 2.57 bits per heavy atom. The highest BCUT2D eigenvalue weighted by molar-refractivity contribution is 8.00. The Morgan fingerprint density at radius 1 is 1.17 bits per heavy atom. The summed E-state index contributed by atoms with van der Waals surface area (Å²) in [4.78, 5) is 29.2.